The maximum absolute atomic E-state index is 12.2. The van der Waals surface area contributed by atoms with Crippen LogP contribution in [0.3, 0.4) is 0 Å². The van der Waals surface area contributed by atoms with E-state index in [-0.39, 0.29) is 18.1 Å². The summed E-state index contributed by atoms with van der Waals surface area (Å²) in [7, 11) is 0. The van der Waals surface area contributed by atoms with Crippen LogP contribution in [0.4, 0.5) is 0 Å². The Hall–Kier alpha value is -0.610. The summed E-state index contributed by atoms with van der Waals surface area (Å²) in [6.45, 7) is 10.8. The second-order valence-electron chi connectivity index (χ2n) is 7.86. The zero-order valence-electron chi connectivity index (χ0n) is 15.4. The molecule has 1 aliphatic heterocycles. The highest BCUT2D eigenvalue weighted by atomic mass is 16.5. The number of piperidine rings is 1. The number of nitrogens with one attached hydrogen (secondary N) is 1. The van der Waals surface area contributed by atoms with Gasteiger partial charge in [-0.05, 0) is 64.0 Å². The van der Waals surface area contributed by atoms with Crippen LogP contribution in [0.25, 0.3) is 0 Å². The summed E-state index contributed by atoms with van der Waals surface area (Å²) in [6, 6.07) is 0. The first-order valence-electron chi connectivity index (χ1n) is 9.70. The number of rotatable bonds is 7. The first-order chi connectivity index (χ1) is 11.0. The molecule has 0 aromatic carbocycles. The first kappa shape index (κ1) is 18.7. The van der Waals surface area contributed by atoms with Gasteiger partial charge in [0.1, 0.15) is 6.10 Å². The van der Waals surface area contributed by atoms with Crippen molar-refractivity contribution in [2.75, 3.05) is 26.2 Å². The Kier molecular flexibility index (Phi) is 7.84. The Morgan fingerprint density at radius 3 is 2.74 bits per heavy atom. The average molecular weight is 325 g/mol. The SMILES string of the molecule is CC1CCCC(OC(C)C(=O)NCCCN2CCCC(C)C2)C1. The third-order valence-electron chi connectivity index (χ3n) is 5.35. The predicted octanol–water partition coefficient (Wildman–Crippen LogP) is 3.21. The van der Waals surface area contributed by atoms with Gasteiger partial charge in [-0.2, -0.15) is 0 Å². The highest BCUT2D eigenvalue weighted by Gasteiger charge is 2.24. The number of hydrogen-bond donors (Lipinski definition) is 1. The summed E-state index contributed by atoms with van der Waals surface area (Å²) in [5.41, 5.74) is 0. The van der Waals surface area contributed by atoms with E-state index in [1.54, 1.807) is 0 Å². The largest absolute Gasteiger partial charge is 0.365 e. The molecule has 0 bridgehead atoms. The van der Waals surface area contributed by atoms with Crippen LogP contribution in [0, 0.1) is 11.8 Å². The lowest BCUT2D eigenvalue weighted by atomic mass is 9.88. The fourth-order valence-electron chi connectivity index (χ4n) is 4.00. The predicted molar refractivity (Wildman–Crippen MR) is 94.4 cm³/mol. The molecule has 4 nitrogen and oxygen atoms in total. The average Bonchev–Trinajstić information content (AvgIpc) is 2.51. The molecule has 0 aromatic rings. The topological polar surface area (TPSA) is 41.6 Å². The summed E-state index contributed by atoms with van der Waals surface area (Å²) >= 11 is 0. The van der Waals surface area contributed by atoms with Gasteiger partial charge >= 0.3 is 0 Å². The maximum Gasteiger partial charge on any atom is 0.248 e. The van der Waals surface area contributed by atoms with Crippen LogP contribution in [0.2, 0.25) is 0 Å². The number of ether oxygens (including phenoxy) is 1. The molecule has 23 heavy (non-hydrogen) atoms. The van der Waals surface area contributed by atoms with E-state index in [1.807, 2.05) is 6.92 Å². The van der Waals surface area contributed by atoms with E-state index < -0.39 is 0 Å². The van der Waals surface area contributed by atoms with Gasteiger partial charge < -0.3 is 15.0 Å². The molecule has 1 aliphatic carbocycles. The highest BCUT2D eigenvalue weighted by molar-refractivity contribution is 5.80. The van der Waals surface area contributed by atoms with Gasteiger partial charge in [0.05, 0.1) is 6.10 Å². The molecule has 1 amide bonds. The molecule has 2 aliphatic rings. The van der Waals surface area contributed by atoms with Crippen molar-refractivity contribution in [3.05, 3.63) is 0 Å². The molecule has 2 fully saturated rings. The van der Waals surface area contributed by atoms with E-state index >= 15 is 0 Å². The van der Waals surface area contributed by atoms with Crippen molar-refractivity contribution in [2.45, 2.75) is 77.9 Å². The summed E-state index contributed by atoms with van der Waals surface area (Å²) in [6.07, 6.45) is 8.41. The summed E-state index contributed by atoms with van der Waals surface area (Å²) < 4.78 is 5.96. The van der Waals surface area contributed by atoms with Gasteiger partial charge in [0.2, 0.25) is 5.91 Å². The standard InChI is InChI=1S/C19H36N2O2/c1-15-7-4-9-18(13-15)23-17(3)19(22)20-10-6-12-21-11-5-8-16(2)14-21/h15-18H,4-14H2,1-3H3,(H,20,22). The van der Waals surface area contributed by atoms with Crippen LogP contribution in [0.5, 0.6) is 0 Å². The zero-order chi connectivity index (χ0) is 16.7. The second kappa shape index (κ2) is 9.63. The number of hydrogen-bond acceptors (Lipinski definition) is 3. The molecule has 4 unspecified atom stereocenters. The van der Waals surface area contributed by atoms with Crippen molar-refractivity contribution in [1.29, 1.82) is 0 Å². The lowest BCUT2D eigenvalue weighted by Crippen LogP contribution is -2.40. The van der Waals surface area contributed by atoms with Gasteiger partial charge in [-0.15, -0.1) is 0 Å². The lowest BCUT2D eigenvalue weighted by Gasteiger charge is -2.31. The van der Waals surface area contributed by atoms with Gasteiger partial charge in [-0.1, -0.05) is 26.7 Å². The Balaban J connectivity index is 1.56. The summed E-state index contributed by atoms with van der Waals surface area (Å²) in [5, 5.41) is 3.04. The van der Waals surface area contributed by atoms with E-state index in [0.29, 0.717) is 0 Å². The third kappa shape index (κ3) is 6.80. The van der Waals surface area contributed by atoms with Crippen LogP contribution >= 0.6 is 0 Å². The van der Waals surface area contributed by atoms with E-state index in [2.05, 4.69) is 24.1 Å². The number of amides is 1. The van der Waals surface area contributed by atoms with Crippen LogP contribution in [-0.4, -0.2) is 49.2 Å². The normalized spacial score (nSPS) is 30.8. The first-order valence-corrected chi connectivity index (χ1v) is 9.70. The molecule has 0 spiro atoms. The highest BCUT2D eigenvalue weighted by Crippen LogP contribution is 2.26. The molecule has 0 aromatic heterocycles. The molecule has 2 rings (SSSR count). The smallest absolute Gasteiger partial charge is 0.248 e. The van der Waals surface area contributed by atoms with Crippen molar-refractivity contribution < 1.29 is 9.53 Å². The van der Waals surface area contributed by atoms with E-state index in [1.165, 1.54) is 38.8 Å². The van der Waals surface area contributed by atoms with Gasteiger partial charge in [0.15, 0.2) is 0 Å². The Morgan fingerprint density at radius 1 is 1.22 bits per heavy atom. The minimum Gasteiger partial charge on any atom is -0.365 e. The minimum atomic E-state index is -0.319. The molecule has 4 heteroatoms. The van der Waals surface area contributed by atoms with Crippen LogP contribution < -0.4 is 5.32 Å². The molecule has 4 atom stereocenters. The van der Waals surface area contributed by atoms with Crippen LogP contribution in [-0.2, 0) is 9.53 Å². The molecule has 1 N–H and O–H groups in total. The van der Waals surface area contributed by atoms with E-state index in [4.69, 9.17) is 4.74 Å². The Labute approximate surface area is 142 Å². The van der Waals surface area contributed by atoms with Gasteiger partial charge in [-0.3, -0.25) is 4.79 Å². The second-order valence-corrected chi connectivity index (χ2v) is 7.86. The third-order valence-corrected chi connectivity index (χ3v) is 5.35. The van der Waals surface area contributed by atoms with Crippen molar-refractivity contribution in [3.63, 3.8) is 0 Å². The molecular formula is C19H36N2O2. The molecule has 134 valence electrons. The molecule has 1 saturated carbocycles. The fourth-order valence-corrected chi connectivity index (χ4v) is 4.00. The Bertz CT molecular complexity index is 361. The van der Waals surface area contributed by atoms with Crippen LogP contribution in [0.1, 0.15) is 65.7 Å². The van der Waals surface area contributed by atoms with Crippen molar-refractivity contribution in [1.82, 2.24) is 10.2 Å². The number of carbonyl (C=O) groups is 1. The number of carbonyl (C=O) groups excluding carboxylic acids is 1. The maximum atomic E-state index is 12.2. The quantitative estimate of drug-likeness (QED) is 0.731. The summed E-state index contributed by atoms with van der Waals surface area (Å²) in [4.78, 5) is 14.7. The monoisotopic (exact) mass is 324 g/mol. The molecular weight excluding hydrogens is 288 g/mol. The van der Waals surface area contributed by atoms with Gasteiger partial charge in [0, 0.05) is 13.1 Å². The van der Waals surface area contributed by atoms with E-state index in [0.717, 1.165) is 44.2 Å². The van der Waals surface area contributed by atoms with Crippen LogP contribution in [0.15, 0.2) is 0 Å². The fraction of sp³-hybridized carbons (Fsp3) is 0.947. The minimum absolute atomic E-state index is 0.0511. The molecule has 1 saturated heterocycles. The number of likely N-dealkylation sites (tertiary alicyclic amines) is 1. The molecule has 1 heterocycles. The Morgan fingerprint density at radius 2 is 2.00 bits per heavy atom. The molecule has 0 radical (unpaired) electrons. The van der Waals surface area contributed by atoms with Crippen molar-refractivity contribution in [3.8, 4) is 0 Å². The lowest BCUT2D eigenvalue weighted by molar-refractivity contribution is -0.137. The van der Waals surface area contributed by atoms with Crippen molar-refractivity contribution in [2.24, 2.45) is 11.8 Å². The van der Waals surface area contributed by atoms with Gasteiger partial charge in [-0.25, -0.2) is 0 Å². The number of nitrogens with zero attached hydrogens (tertiary/aromatic N) is 1. The zero-order valence-corrected chi connectivity index (χ0v) is 15.4. The van der Waals surface area contributed by atoms with Crippen molar-refractivity contribution >= 4 is 5.91 Å². The van der Waals surface area contributed by atoms with Gasteiger partial charge in [0.25, 0.3) is 0 Å². The summed E-state index contributed by atoms with van der Waals surface area (Å²) in [5.74, 6) is 1.61. The van der Waals surface area contributed by atoms with E-state index in [9.17, 15) is 4.79 Å².